The van der Waals surface area contributed by atoms with Crippen LogP contribution in [0.4, 0.5) is 0 Å². The first-order valence-electron chi connectivity index (χ1n) is 6.40. The molecule has 104 valence electrons. The Kier molecular flexibility index (Phi) is 3.59. The molecule has 0 radical (unpaired) electrons. The van der Waals surface area contributed by atoms with E-state index in [1.54, 1.807) is 16.5 Å². The van der Waals surface area contributed by atoms with Crippen molar-refractivity contribution in [1.82, 2.24) is 14.7 Å². The number of aryl methyl sites for hydroxylation is 1. The molecule has 0 atom stereocenters. The van der Waals surface area contributed by atoms with Crippen LogP contribution in [0.25, 0.3) is 0 Å². The van der Waals surface area contributed by atoms with E-state index in [9.17, 15) is 9.59 Å². The lowest BCUT2D eigenvalue weighted by Gasteiger charge is -2.16. The van der Waals surface area contributed by atoms with Gasteiger partial charge >= 0.3 is 5.97 Å². The highest BCUT2D eigenvalue weighted by Crippen LogP contribution is 2.25. The Labute approximate surface area is 112 Å². The van der Waals surface area contributed by atoms with Gasteiger partial charge < -0.3 is 10.0 Å². The Morgan fingerprint density at radius 3 is 2.58 bits per heavy atom. The topological polar surface area (TPSA) is 75.4 Å². The van der Waals surface area contributed by atoms with E-state index in [0.29, 0.717) is 17.3 Å². The zero-order valence-electron chi connectivity index (χ0n) is 11.5. The van der Waals surface area contributed by atoms with E-state index in [2.05, 4.69) is 5.10 Å². The number of nitrogens with zero attached hydrogens (tertiary/aromatic N) is 3. The molecule has 1 aromatic rings. The first-order chi connectivity index (χ1) is 8.90. The SMILES string of the molecule is Cc1nn(CC(=O)N(C)C2CC2)c(C)c1CC(=O)O. The van der Waals surface area contributed by atoms with Gasteiger partial charge in [-0.2, -0.15) is 5.10 Å². The normalized spacial score (nSPS) is 14.5. The van der Waals surface area contributed by atoms with E-state index in [4.69, 9.17) is 5.11 Å². The molecule has 1 heterocycles. The van der Waals surface area contributed by atoms with Gasteiger partial charge in [0.1, 0.15) is 6.54 Å². The third-order valence-electron chi connectivity index (χ3n) is 3.63. The second-order valence-electron chi connectivity index (χ2n) is 5.11. The number of carboxylic acids is 1. The molecule has 6 heteroatoms. The van der Waals surface area contributed by atoms with Crippen LogP contribution in [0.5, 0.6) is 0 Å². The van der Waals surface area contributed by atoms with Crippen LogP contribution in [0.2, 0.25) is 0 Å². The van der Waals surface area contributed by atoms with Gasteiger partial charge in [-0.15, -0.1) is 0 Å². The van der Waals surface area contributed by atoms with Gasteiger partial charge in [-0.05, 0) is 26.7 Å². The Bertz CT molecular complexity index is 517. The second kappa shape index (κ2) is 5.03. The summed E-state index contributed by atoms with van der Waals surface area (Å²) in [6, 6.07) is 0.378. The standard InChI is InChI=1S/C13H19N3O3/c1-8-11(6-13(18)19)9(2)16(14-8)7-12(17)15(3)10-4-5-10/h10H,4-7H2,1-3H3,(H,18,19). The first-order valence-corrected chi connectivity index (χ1v) is 6.40. The lowest BCUT2D eigenvalue weighted by atomic mass is 10.1. The minimum absolute atomic E-state index is 0.0231. The van der Waals surface area contributed by atoms with E-state index < -0.39 is 5.97 Å². The summed E-state index contributed by atoms with van der Waals surface area (Å²) < 4.78 is 1.61. The number of carbonyl (C=O) groups excluding carboxylic acids is 1. The molecule has 0 spiro atoms. The molecule has 0 aromatic carbocycles. The molecule has 1 aliphatic rings. The van der Waals surface area contributed by atoms with Crippen LogP contribution in [-0.4, -0.2) is 44.8 Å². The van der Waals surface area contributed by atoms with Crippen LogP contribution < -0.4 is 0 Å². The summed E-state index contributed by atoms with van der Waals surface area (Å²) in [5.74, 6) is -0.859. The predicted octanol–water partition coefficient (Wildman–Crippen LogP) is 0.748. The monoisotopic (exact) mass is 265 g/mol. The second-order valence-corrected chi connectivity index (χ2v) is 5.11. The molecule has 1 fully saturated rings. The van der Waals surface area contributed by atoms with E-state index in [1.807, 2.05) is 14.0 Å². The van der Waals surface area contributed by atoms with Crippen molar-refractivity contribution in [3.05, 3.63) is 17.0 Å². The number of aromatic nitrogens is 2. The number of aliphatic carboxylic acids is 1. The summed E-state index contributed by atoms with van der Waals surface area (Å²) in [6.45, 7) is 3.76. The van der Waals surface area contributed by atoms with Gasteiger partial charge in [0.2, 0.25) is 5.91 Å². The van der Waals surface area contributed by atoms with Crippen molar-refractivity contribution in [3.63, 3.8) is 0 Å². The van der Waals surface area contributed by atoms with E-state index in [0.717, 1.165) is 18.5 Å². The zero-order valence-corrected chi connectivity index (χ0v) is 11.5. The van der Waals surface area contributed by atoms with Gasteiger partial charge in [0.25, 0.3) is 0 Å². The fourth-order valence-corrected chi connectivity index (χ4v) is 2.20. The molecule has 1 amide bonds. The van der Waals surface area contributed by atoms with Gasteiger partial charge in [-0.3, -0.25) is 14.3 Å². The Balaban J connectivity index is 2.12. The number of carboxylic acid groups (broad SMARTS) is 1. The van der Waals surface area contributed by atoms with Crippen LogP contribution in [0, 0.1) is 13.8 Å². The molecule has 1 N–H and O–H groups in total. The fraction of sp³-hybridized carbons (Fsp3) is 0.615. The highest BCUT2D eigenvalue weighted by atomic mass is 16.4. The van der Waals surface area contributed by atoms with Gasteiger partial charge in [0.15, 0.2) is 0 Å². The maximum atomic E-state index is 12.0. The number of amides is 1. The van der Waals surface area contributed by atoms with Gasteiger partial charge in [0, 0.05) is 24.3 Å². The Hall–Kier alpha value is -1.85. The van der Waals surface area contributed by atoms with Crippen molar-refractivity contribution >= 4 is 11.9 Å². The molecule has 1 aromatic heterocycles. The van der Waals surface area contributed by atoms with Crippen molar-refractivity contribution in [2.24, 2.45) is 0 Å². The van der Waals surface area contributed by atoms with Crippen molar-refractivity contribution in [3.8, 4) is 0 Å². The number of rotatable bonds is 5. The van der Waals surface area contributed by atoms with Crippen molar-refractivity contribution in [1.29, 1.82) is 0 Å². The van der Waals surface area contributed by atoms with Crippen molar-refractivity contribution in [2.75, 3.05) is 7.05 Å². The molecule has 6 nitrogen and oxygen atoms in total. The van der Waals surface area contributed by atoms with Gasteiger partial charge in [0.05, 0.1) is 12.1 Å². The smallest absolute Gasteiger partial charge is 0.307 e. The Morgan fingerprint density at radius 2 is 2.05 bits per heavy atom. The van der Waals surface area contributed by atoms with Crippen LogP contribution in [0.3, 0.4) is 0 Å². The van der Waals surface area contributed by atoms with Crippen LogP contribution in [0.1, 0.15) is 29.8 Å². The average molecular weight is 265 g/mol. The highest BCUT2D eigenvalue weighted by molar-refractivity contribution is 5.76. The molecular formula is C13H19N3O3. The summed E-state index contributed by atoms with van der Waals surface area (Å²) in [7, 11) is 1.81. The summed E-state index contributed by atoms with van der Waals surface area (Å²) in [6.07, 6.45) is 2.09. The maximum Gasteiger partial charge on any atom is 0.307 e. The molecular weight excluding hydrogens is 246 g/mol. The van der Waals surface area contributed by atoms with Crippen molar-refractivity contribution in [2.45, 2.75) is 45.7 Å². The Morgan fingerprint density at radius 1 is 1.42 bits per heavy atom. The largest absolute Gasteiger partial charge is 0.481 e. The third-order valence-corrected chi connectivity index (χ3v) is 3.63. The fourth-order valence-electron chi connectivity index (χ4n) is 2.20. The van der Waals surface area contributed by atoms with Crippen LogP contribution in [-0.2, 0) is 22.6 Å². The molecule has 1 saturated carbocycles. The summed E-state index contributed by atoms with van der Waals surface area (Å²) >= 11 is 0. The summed E-state index contributed by atoms with van der Waals surface area (Å²) in [4.78, 5) is 24.6. The molecule has 1 aliphatic carbocycles. The summed E-state index contributed by atoms with van der Waals surface area (Å²) in [5, 5.41) is 13.1. The van der Waals surface area contributed by atoms with Gasteiger partial charge in [-0.1, -0.05) is 0 Å². The van der Waals surface area contributed by atoms with Gasteiger partial charge in [-0.25, -0.2) is 0 Å². The highest BCUT2D eigenvalue weighted by Gasteiger charge is 2.30. The minimum atomic E-state index is -0.882. The maximum absolute atomic E-state index is 12.0. The molecule has 0 saturated heterocycles. The van der Waals surface area contributed by atoms with E-state index in [-0.39, 0.29) is 18.9 Å². The van der Waals surface area contributed by atoms with Crippen molar-refractivity contribution < 1.29 is 14.7 Å². The zero-order chi connectivity index (χ0) is 14.2. The number of carbonyl (C=O) groups is 2. The third kappa shape index (κ3) is 2.94. The number of hydrogen-bond acceptors (Lipinski definition) is 3. The molecule has 0 unspecified atom stereocenters. The van der Waals surface area contributed by atoms with Crippen LogP contribution >= 0.6 is 0 Å². The predicted molar refractivity (Wildman–Crippen MR) is 68.8 cm³/mol. The van der Waals surface area contributed by atoms with Crippen LogP contribution in [0.15, 0.2) is 0 Å². The lowest BCUT2D eigenvalue weighted by molar-refractivity contribution is -0.136. The minimum Gasteiger partial charge on any atom is -0.481 e. The summed E-state index contributed by atoms with van der Waals surface area (Å²) in [5.41, 5.74) is 2.15. The van der Waals surface area contributed by atoms with E-state index >= 15 is 0 Å². The molecule has 0 aliphatic heterocycles. The first kappa shape index (κ1) is 13.6. The molecule has 0 bridgehead atoms. The quantitative estimate of drug-likeness (QED) is 0.852. The molecule has 19 heavy (non-hydrogen) atoms. The lowest BCUT2D eigenvalue weighted by Crippen LogP contribution is -2.32. The average Bonchev–Trinajstić information content (AvgIpc) is 3.13. The number of likely N-dealkylation sites (N-methyl/N-ethyl adjacent to an activating group) is 1. The van der Waals surface area contributed by atoms with E-state index in [1.165, 1.54) is 0 Å². The number of hydrogen-bond donors (Lipinski definition) is 1. The molecule has 2 rings (SSSR count).